The van der Waals surface area contributed by atoms with E-state index in [1.807, 2.05) is 18.2 Å². The van der Waals surface area contributed by atoms with Crippen LogP contribution in [0.3, 0.4) is 0 Å². The molecule has 1 aliphatic carbocycles. The molecular weight excluding hydrogens is 430 g/mol. The molecule has 2 aliphatic rings. The Bertz CT molecular complexity index is 1580. The number of carbonyl (C=O) groups is 1. The molecule has 0 unspecified atom stereocenters. The average molecular weight is 458 g/mol. The highest BCUT2D eigenvalue weighted by Gasteiger charge is 2.42. The van der Waals surface area contributed by atoms with Crippen molar-refractivity contribution in [1.82, 2.24) is 0 Å². The fourth-order valence-corrected chi connectivity index (χ4v) is 5.87. The Morgan fingerprint density at radius 3 is 2.40 bits per heavy atom. The fourth-order valence-electron chi connectivity index (χ4n) is 5.87. The zero-order valence-corrected chi connectivity index (χ0v) is 20.0. The predicted molar refractivity (Wildman–Crippen MR) is 144 cm³/mol. The molecule has 0 saturated carbocycles. The second-order valence-electron chi connectivity index (χ2n) is 10.3. The number of terminal acetylenes is 1. The summed E-state index contributed by atoms with van der Waals surface area (Å²) in [4.78, 5) is 13.9. The van der Waals surface area contributed by atoms with Crippen LogP contribution in [0.1, 0.15) is 43.9 Å². The number of ether oxygens (including phenoxy) is 1. The van der Waals surface area contributed by atoms with Crippen LogP contribution in [0.2, 0.25) is 0 Å². The maximum Gasteiger partial charge on any atom is 0.162 e. The highest BCUT2D eigenvalue weighted by Crippen LogP contribution is 2.53. The van der Waals surface area contributed by atoms with Crippen molar-refractivity contribution in [2.24, 2.45) is 5.41 Å². The zero-order valence-electron chi connectivity index (χ0n) is 20.0. The molecular formula is C32H27NO2. The maximum absolute atomic E-state index is 13.9. The molecule has 0 spiro atoms. The lowest BCUT2D eigenvalue weighted by molar-refractivity contribution is -0.118. The largest absolute Gasteiger partial charge is 0.481 e. The second kappa shape index (κ2) is 8.03. The summed E-state index contributed by atoms with van der Waals surface area (Å²) in [6.07, 6.45) is 6.91. The number of anilines is 1. The van der Waals surface area contributed by atoms with Crippen LogP contribution in [-0.2, 0) is 4.79 Å². The van der Waals surface area contributed by atoms with Crippen molar-refractivity contribution in [3.8, 4) is 18.1 Å². The highest BCUT2D eigenvalue weighted by atomic mass is 16.5. The molecule has 172 valence electrons. The van der Waals surface area contributed by atoms with Gasteiger partial charge in [-0.05, 0) is 51.1 Å². The van der Waals surface area contributed by atoms with Gasteiger partial charge in [0.2, 0.25) is 0 Å². The predicted octanol–water partition coefficient (Wildman–Crippen LogP) is 7.31. The lowest BCUT2D eigenvalue weighted by atomic mass is 9.67. The number of carbonyl (C=O) groups excluding carboxylic acids is 1. The molecule has 1 atom stereocenters. The summed E-state index contributed by atoms with van der Waals surface area (Å²) in [5.74, 6) is 3.50. The van der Waals surface area contributed by atoms with Crippen LogP contribution < -0.4 is 10.1 Å². The molecule has 0 amide bonds. The quantitative estimate of drug-likeness (QED) is 0.328. The van der Waals surface area contributed by atoms with Gasteiger partial charge in [0.1, 0.15) is 12.4 Å². The molecule has 1 N–H and O–H groups in total. The van der Waals surface area contributed by atoms with Crippen molar-refractivity contribution in [3.63, 3.8) is 0 Å². The summed E-state index contributed by atoms with van der Waals surface area (Å²) in [7, 11) is 0. The number of hydrogen-bond donors (Lipinski definition) is 1. The van der Waals surface area contributed by atoms with Crippen LogP contribution in [0.15, 0.2) is 78.4 Å². The van der Waals surface area contributed by atoms with E-state index in [9.17, 15) is 4.79 Å². The second-order valence-corrected chi connectivity index (χ2v) is 10.3. The molecule has 1 heterocycles. The maximum atomic E-state index is 13.9. The summed E-state index contributed by atoms with van der Waals surface area (Å²) in [6.45, 7) is 4.55. The van der Waals surface area contributed by atoms with Gasteiger partial charge in [0.05, 0.1) is 6.04 Å². The van der Waals surface area contributed by atoms with Crippen LogP contribution in [0.25, 0.3) is 27.1 Å². The molecule has 0 fully saturated rings. The van der Waals surface area contributed by atoms with Gasteiger partial charge in [-0.15, -0.1) is 6.42 Å². The van der Waals surface area contributed by atoms with Gasteiger partial charge in [-0.25, -0.2) is 0 Å². The van der Waals surface area contributed by atoms with Crippen molar-refractivity contribution in [2.75, 3.05) is 11.9 Å². The molecule has 6 rings (SSSR count). The van der Waals surface area contributed by atoms with Crippen LogP contribution in [-0.4, -0.2) is 12.4 Å². The van der Waals surface area contributed by atoms with Crippen molar-refractivity contribution in [3.05, 3.63) is 89.5 Å². The molecule has 35 heavy (non-hydrogen) atoms. The number of nitrogens with one attached hydrogen (secondary N) is 1. The summed E-state index contributed by atoms with van der Waals surface area (Å²) >= 11 is 0. The number of Topliss-reactive ketones (excluding diaryl/α,β-unsaturated/α-hetero) is 1. The molecule has 4 aromatic carbocycles. The van der Waals surface area contributed by atoms with E-state index in [1.54, 1.807) is 0 Å². The monoisotopic (exact) mass is 457 g/mol. The van der Waals surface area contributed by atoms with Gasteiger partial charge in [0.15, 0.2) is 5.78 Å². The van der Waals surface area contributed by atoms with Gasteiger partial charge in [-0.3, -0.25) is 4.79 Å². The third-order valence-corrected chi connectivity index (χ3v) is 7.27. The number of fused-ring (bicyclic) bond motifs is 5. The molecule has 0 saturated heterocycles. The first-order valence-electron chi connectivity index (χ1n) is 12.1. The number of hydrogen-bond acceptors (Lipinski definition) is 3. The number of benzene rings is 4. The van der Waals surface area contributed by atoms with Gasteiger partial charge >= 0.3 is 0 Å². The van der Waals surface area contributed by atoms with Crippen molar-refractivity contribution in [1.29, 1.82) is 0 Å². The normalized spacial score (nSPS) is 18.5. The Labute approximate surface area is 205 Å². The van der Waals surface area contributed by atoms with Crippen LogP contribution in [0.5, 0.6) is 5.75 Å². The smallest absolute Gasteiger partial charge is 0.162 e. The van der Waals surface area contributed by atoms with Crippen LogP contribution in [0.4, 0.5) is 5.69 Å². The van der Waals surface area contributed by atoms with E-state index in [0.717, 1.165) is 45.2 Å². The minimum absolute atomic E-state index is 0.104. The Morgan fingerprint density at radius 1 is 0.943 bits per heavy atom. The van der Waals surface area contributed by atoms with Crippen molar-refractivity contribution in [2.45, 2.75) is 32.7 Å². The Kier molecular flexibility index (Phi) is 4.93. The topological polar surface area (TPSA) is 38.3 Å². The van der Waals surface area contributed by atoms with Gasteiger partial charge in [-0.1, -0.05) is 80.4 Å². The van der Waals surface area contributed by atoms with Crippen LogP contribution in [0, 0.1) is 17.8 Å². The zero-order chi connectivity index (χ0) is 24.2. The summed E-state index contributed by atoms with van der Waals surface area (Å²) in [6, 6.07) is 24.7. The van der Waals surface area contributed by atoms with Crippen molar-refractivity contribution < 1.29 is 9.53 Å². The first kappa shape index (κ1) is 21.5. The van der Waals surface area contributed by atoms with E-state index < -0.39 is 0 Å². The molecule has 4 aromatic rings. The number of allylic oxidation sites excluding steroid dienone is 1. The molecule has 3 nitrogen and oxygen atoms in total. The first-order valence-corrected chi connectivity index (χ1v) is 12.1. The summed E-state index contributed by atoms with van der Waals surface area (Å²) in [5, 5.41) is 8.28. The Morgan fingerprint density at radius 2 is 1.63 bits per heavy atom. The standard InChI is InChI=1S/C32H27NO2/c1-4-17-35-27-16-14-21-10-6-8-12-23(21)30(27)31-29-24(18-32(2,3)19-26(29)34)28-22-11-7-5-9-20(22)13-15-25(28)33-31/h1,5-16,31,33H,17-19H2,2-3H3/t31-/m1/s1. The average Bonchev–Trinajstić information content (AvgIpc) is 2.85. The summed E-state index contributed by atoms with van der Waals surface area (Å²) < 4.78 is 6.05. The molecule has 0 aromatic heterocycles. The molecule has 3 heteroatoms. The molecule has 0 bridgehead atoms. The molecule has 1 aliphatic heterocycles. The Hall–Kier alpha value is -4.03. The van der Waals surface area contributed by atoms with Crippen LogP contribution >= 0.6 is 0 Å². The minimum atomic E-state index is -0.318. The SMILES string of the molecule is C#CCOc1ccc2ccccc2c1[C@@H]1Nc2ccc3ccccc3c2C2=C1C(=O)CC(C)(C)C2. The van der Waals surface area contributed by atoms with Crippen molar-refractivity contribution >= 4 is 38.6 Å². The van der Waals surface area contributed by atoms with E-state index in [2.05, 4.69) is 79.7 Å². The van der Waals surface area contributed by atoms with E-state index in [0.29, 0.717) is 12.2 Å². The fraction of sp³-hybridized carbons (Fsp3) is 0.219. The minimum Gasteiger partial charge on any atom is -0.481 e. The molecule has 0 radical (unpaired) electrons. The third kappa shape index (κ3) is 3.49. The van der Waals surface area contributed by atoms with E-state index >= 15 is 0 Å². The van der Waals surface area contributed by atoms with E-state index in [1.165, 1.54) is 10.8 Å². The Balaban J connectivity index is 1.67. The number of rotatable bonds is 3. The lowest BCUT2D eigenvalue weighted by Crippen LogP contribution is -2.33. The third-order valence-electron chi connectivity index (χ3n) is 7.27. The highest BCUT2D eigenvalue weighted by molar-refractivity contribution is 6.13. The van der Waals surface area contributed by atoms with Gasteiger partial charge in [0, 0.05) is 28.8 Å². The summed E-state index contributed by atoms with van der Waals surface area (Å²) in [5.41, 5.74) is 5.08. The van der Waals surface area contributed by atoms with Gasteiger partial charge in [0.25, 0.3) is 0 Å². The van der Waals surface area contributed by atoms with E-state index in [4.69, 9.17) is 11.2 Å². The lowest BCUT2D eigenvalue weighted by Gasteiger charge is -2.40. The van der Waals surface area contributed by atoms with E-state index in [-0.39, 0.29) is 23.8 Å². The van der Waals surface area contributed by atoms with Gasteiger partial charge in [-0.2, -0.15) is 0 Å². The first-order chi connectivity index (χ1) is 17.0. The van der Waals surface area contributed by atoms with Gasteiger partial charge < -0.3 is 10.1 Å². The number of ketones is 1.